The van der Waals surface area contributed by atoms with Crippen LogP contribution >= 0.6 is 11.6 Å². The summed E-state index contributed by atoms with van der Waals surface area (Å²) >= 11 is 5.82. The van der Waals surface area contributed by atoms with Crippen LogP contribution in [0.1, 0.15) is 12.5 Å². The number of nitriles is 1. The first-order valence-electron chi connectivity index (χ1n) is 5.05. The Bertz CT molecular complexity index is 450. The van der Waals surface area contributed by atoms with Crippen molar-refractivity contribution in [1.29, 1.82) is 5.26 Å². The van der Waals surface area contributed by atoms with Crippen LogP contribution in [0.3, 0.4) is 0 Å². The van der Waals surface area contributed by atoms with E-state index in [4.69, 9.17) is 16.9 Å². The van der Waals surface area contributed by atoms with E-state index in [-0.39, 0.29) is 22.9 Å². The van der Waals surface area contributed by atoms with E-state index in [2.05, 4.69) is 0 Å². The van der Waals surface area contributed by atoms with Crippen molar-refractivity contribution in [3.63, 3.8) is 0 Å². The molecule has 0 radical (unpaired) electrons. The second kappa shape index (κ2) is 5.65. The molecule has 0 aliphatic heterocycles. The predicted octanol–water partition coefficient (Wildman–Crippen LogP) is 2.39. The summed E-state index contributed by atoms with van der Waals surface area (Å²) in [6.45, 7) is 1.60. The first-order chi connectivity index (χ1) is 7.97. The van der Waals surface area contributed by atoms with E-state index in [0.29, 0.717) is 0 Å². The van der Waals surface area contributed by atoms with Crippen molar-refractivity contribution >= 4 is 17.5 Å². The fourth-order valence-corrected chi connectivity index (χ4v) is 1.51. The van der Waals surface area contributed by atoms with Crippen molar-refractivity contribution in [3.05, 3.63) is 34.6 Å². The lowest BCUT2D eigenvalue weighted by Gasteiger charge is -2.19. The smallest absolute Gasteiger partial charge is 0.227 e. The molecule has 90 valence electrons. The second-order valence-corrected chi connectivity index (χ2v) is 4.09. The topological polar surface area (TPSA) is 44.1 Å². The number of hydrogen-bond donors (Lipinski definition) is 0. The fourth-order valence-electron chi connectivity index (χ4n) is 1.28. The molecule has 0 saturated carbocycles. The Hall–Kier alpha value is -1.60. The minimum Gasteiger partial charge on any atom is -0.330 e. The van der Waals surface area contributed by atoms with Crippen molar-refractivity contribution in [3.8, 4) is 6.07 Å². The van der Waals surface area contributed by atoms with Gasteiger partial charge in [-0.1, -0.05) is 17.7 Å². The zero-order chi connectivity index (χ0) is 13.0. The van der Waals surface area contributed by atoms with Gasteiger partial charge >= 0.3 is 0 Å². The van der Waals surface area contributed by atoms with Crippen molar-refractivity contribution in [2.75, 3.05) is 7.05 Å². The van der Waals surface area contributed by atoms with Crippen molar-refractivity contribution in [1.82, 2.24) is 4.90 Å². The van der Waals surface area contributed by atoms with E-state index in [1.54, 1.807) is 6.92 Å². The van der Waals surface area contributed by atoms with E-state index in [1.165, 1.54) is 30.1 Å². The van der Waals surface area contributed by atoms with Gasteiger partial charge in [-0.3, -0.25) is 4.79 Å². The number of hydrogen-bond acceptors (Lipinski definition) is 2. The average Bonchev–Trinajstić information content (AvgIpc) is 2.31. The van der Waals surface area contributed by atoms with Crippen LogP contribution in [0.2, 0.25) is 5.02 Å². The van der Waals surface area contributed by atoms with E-state index in [9.17, 15) is 9.18 Å². The molecule has 1 aromatic rings. The van der Waals surface area contributed by atoms with Crippen LogP contribution in [-0.2, 0) is 11.2 Å². The largest absolute Gasteiger partial charge is 0.330 e. The van der Waals surface area contributed by atoms with Crippen molar-refractivity contribution in [2.24, 2.45) is 0 Å². The Morgan fingerprint density at radius 2 is 2.29 bits per heavy atom. The zero-order valence-electron chi connectivity index (χ0n) is 9.58. The van der Waals surface area contributed by atoms with E-state index < -0.39 is 11.9 Å². The molecule has 0 aliphatic carbocycles. The van der Waals surface area contributed by atoms with Gasteiger partial charge in [0.15, 0.2) is 0 Å². The first kappa shape index (κ1) is 13.5. The van der Waals surface area contributed by atoms with Crippen LogP contribution < -0.4 is 0 Å². The molecule has 1 atom stereocenters. The maximum absolute atomic E-state index is 13.4. The second-order valence-electron chi connectivity index (χ2n) is 3.69. The minimum atomic E-state index is -0.548. The zero-order valence-corrected chi connectivity index (χ0v) is 10.3. The van der Waals surface area contributed by atoms with Crippen LogP contribution in [0.5, 0.6) is 0 Å². The number of amides is 1. The van der Waals surface area contributed by atoms with Crippen molar-refractivity contribution in [2.45, 2.75) is 19.4 Å². The third-order valence-corrected chi connectivity index (χ3v) is 2.90. The monoisotopic (exact) mass is 254 g/mol. The highest BCUT2D eigenvalue weighted by atomic mass is 35.5. The molecule has 1 rings (SSSR count). The summed E-state index contributed by atoms with van der Waals surface area (Å²) in [5.74, 6) is -0.852. The molecule has 5 heteroatoms. The van der Waals surface area contributed by atoms with E-state index >= 15 is 0 Å². The molecular weight excluding hydrogens is 243 g/mol. The highest BCUT2D eigenvalue weighted by molar-refractivity contribution is 6.31. The SMILES string of the molecule is CC(C#N)N(C)C(=O)Cc1c(F)cccc1Cl. The van der Waals surface area contributed by atoms with Gasteiger partial charge in [-0.15, -0.1) is 0 Å². The molecular formula is C12H12ClFN2O. The predicted molar refractivity (Wildman–Crippen MR) is 63.0 cm³/mol. The quantitative estimate of drug-likeness (QED) is 0.831. The molecule has 1 amide bonds. The highest BCUT2D eigenvalue weighted by Gasteiger charge is 2.18. The van der Waals surface area contributed by atoms with E-state index in [1.807, 2.05) is 6.07 Å². The lowest BCUT2D eigenvalue weighted by molar-refractivity contribution is -0.130. The summed E-state index contributed by atoms with van der Waals surface area (Å²) < 4.78 is 13.4. The molecule has 0 aliphatic rings. The van der Waals surface area contributed by atoms with Crippen LogP contribution in [0.25, 0.3) is 0 Å². The molecule has 0 spiro atoms. The summed E-state index contributed by atoms with van der Waals surface area (Å²) in [5, 5.41) is 8.90. The molecule has 0 fully saturated rings. The third kappa shape index (κ3) is 3.18. The van der Waals surface area contributed by atoms with Gasteiger partial charge in [-0.2, -0.15) is 5.26 Å². The minimum absolute atomic E-state index is 0.145. The molecule has 0 aromatic heterocycles. The number of nitrogens with zero attached hydrogens (tertiary/aromatic N) is 2. The molecule has 1 aromatic carbocycles. The lowest BCUT2D eigenvalue weighted by Crippen LogP contribution is -2.35. The van der Waals surface area contributed by atoms with Gasteiger partial charge in [0.05, 0.1) is 12.5 Å². The highest BCUT2D eigenvalue weighted by Crippen LogP contribution is 2.20. The molecule has 3 nitrogen and oxygen atoms in total. The van der Waals surface area contributed by atoms with Crippen LogP contribution in [0.4, 0.5) is 4.39 Å². The van der Waals surface area contributed by atoms with Gasteiger partial charge in [0, 0.05) is 17.6 Å². The molecule has 0 saturated heterocycles. The van der Waals surface area contributed by atoms with Gasteiger partial charge in [-0.05, 0) is 19.1 Å². The fraction of sp³-hybridized carbons (Fsp3) is 0.333. The average molecular weight is 255 g/mol. The number of carbonyl (C=O) groups is 1. The number of rotatable bonds is 3. The summed E-state index contributed by atoms with van der Waals surface area (Å²) in [5.41, 5.74) is 0.163. The Morgan fingerprint density at radius 1 is 1.65 bits per heavy atom. The number of benzene rings is 1. The number of halogens is 2. The Kier molecular flexibility index (Phi) is 4.47. The normalized spacial score (nSPS) is 11.7. The van der Waals surface area contributed by atoms with Crippen LogP contribution in [-0.4, -0.2) is 23.9 Å². The summed E-state index contributed by atoms with van der Waals surface area (Å²) in [6, 6.07) is 5.65. The molecule has 17 heavy (non-hydrogen) atoms. The third-order valence-electron chi connectivity index (χ3n) is 2.55. The van der Waals surface area contributed by atoms with Crippen molar-refractivity contribution < 1.29 is 9.18 Å². The maximum atomic E-state index is 13.4. The maximum Gasteiger partial charge on any atom is 0.227 e. The number of carbonyl (C=O) groups excluding carboxylic acids is 1. The molecule has 0 N–H and O–H groups in total. The van der Waals surface area contributed by atoms with Gasteiger partial charge < -0.3 is 4.90 Å². The Labute approximate surface area is 104 Å². The first-order valence-corrected chi connectivity index (χ1v) is 5.43. The molecule has 0 heterocycles. The van der Waals surface area contributed by atoms with Gasteiger partial charge in [0.25, 0.3) is 0 Å². The summed E-state index contributed by atoms with van der Waals surface area (Å²) in [6.07, 6.45) is -0.145. The standard InChI is InChI=1S/C12H12ClFN2O/c1-8(7-15)16(2)12(17)6-9-10(13)4-3-5-11(9)14/h3-5,8H,6H2,1-2H3. The van der Waals surface area contributed by atoms with Gasteiger partial charge in [-0.25, -0.2) is 4.39 Å². The Morgan fingerprint density at radius 3 is 2.82 bits per heavy atom. The Balaban J connectivity index is 2.86. The van der Waals surface area contributed by atoms with Crippen LogP contribution in [0.15, 0.2) is 18.2 Å². The van der Waals surface area contributed by atoms with E-state index in [0.717, 1.165) is 0 Å². The molecule has 1 unspecified atom stereocenters. The number of likely N-dealkylation sites (N-methyl/N-ethyl adjacent to an activating group) is 1. The molecule has 0 bridgehead atoms. The van der Waals surface area contributed by atoms with Crippen LogP contribution in [0, 0.1) is 17.1 Å². The van der Waals surface area contributed by atoms with Gasteiger partial charge in [0.2, 0.25) is 5.91 Å². The van der Waals surface area contributed by atoms with Gasteiger partial charge in [0.1, 0.15) is 11.9 Å². The summed E-state index contributed by atoms with van der Waals surface area (Å²) in [7, 11) is 1.50. The summed E-state index contributed by atoms with van der Waals surface area (Å²) in [4.78, 5) is 13.0. The lowest BCUT2D eigenvalue weighted by atomic mass is 10.1.